The molecule has 0 spiro atoms. The van der Waals surface area contributed by atoms with Crippen molar-refractivity contribution in [1.82, 2.24) is 9.88 Å². The van der Waals surface area contributed by atoms with E-state index in [1.54, 1.807) is 29.4 Å². The van der Waals surface area contributed by atoms with E-state index in [1.807, 2.05) is 6.92 Å². The zero-order valence-corrected chi connectivity index (χ0v) is 10.4. The summed E-state index contributed by atoms with van der Waals surface area (Å²) < 4.78 is 0. The Morgan fingerprint density at radius 3 is 2.89 bits per heavy atom. The molecule has 1 aliphatic rings. The first-order valence-electron chi connectivity index (χ1n) is 6.19. The van der Waals surface area contributed by atoms with Crippen molar-refractivity contribution in [3.05, 3.63) is 24.5 Å². The first-order chi connectivity index (χ1) is 8.70. The van der Waals surface area contributed by atoms with Gasteiger partial charge < -0.3 is 10.2 Å². The molecule has 1 fully saturated rings. The Morgan fingerprint density at radius 1 is 1.50 bits per heavy atom. The molecule has 5 nitrogen and oxygen atoms in total. The third kappa shape index (κ3) is 2.85. The van der Waals surface area contributed by atoms with Gasteiger partial charge in [-0.25, -0.2) is 0 Å². The van der Waals surface area contributed by atoms with Crippen molar-refractivity contribution in [2.45, 2.75) is 19.8 Å². The van der Waals surface area contributed by atoms with E-state index in [0.29, 0.717) is 13.0 Å². The van der Waals surface area contributed by atoms with Crippen LogP contribution in [0, 0.1) is 5.92 Å². The third-order valence-electron chi connectivity index (χ3n) is 3.03. The number of aromatic nitrogens is 1. The summed E-state index contributed by atoms with van der Waals surface area (Å²) in [6.45, 7) is 3.29. The topological polar surface area (TPSA) is 62.3 Å². The lowest BCUT2D eigenvalue weighted by molar-refractivity contribution is -0.128. The van der Waals surface area contributed by atoms with Gasteiger partial charge in [0.25, 0.3) is 0 Å². The summed E-state index contributed by atoms with van der Waals surface area (Å²) in [7, 11) is 0. The van der Waals surface area contributed by atoms with Crippen LogP contribution in [0.3, 0.4) is 0 Å². The lowest BCUT2D eigenvalue weighted by Gasteiger charge is -2.15. The summed E-state index contributed by atoms with van der Waals surface area (Å²) >= 11 is 0. The van der Waals surface area contributed by atoms with Gasteiger partial charge in [-0.05, 0) is 18.6 Å². The molecule has 2 rings (SSSR count). The zero-order valence-electron chi connectivity index (χ0n) is 10.4. The predicted octanol–water partition coefficient (Wildman–Crippen LogP) is 1.28. The Bertz CT molecular complexity index is 433. The van der Waals surface area contributed by atoms with E-state index in [1.165, 1.54) is 0 Å². The minimum absolute atomic E-state index is 0.0757. The minimum Gasteiger partial charge on any atom is -0.342 e. The largest absolute Gasteiger partial charge is 0.342 e. The monoisotopic (exact) mass is 247 g/mol. The van der Waals surface area contributed by atoms with Gasteiger partial charge >= 0.3 is 0 Å². The van der Waals surface area contributed by atoms with Crippen LogP contribution >= 0.6 is 0 Å². The molecule has 2 heterocycles. The highest BCUT2D eigenvalue weighted by Crippen LogP contribution is 2.19. The van der Waals surface area contributed by atoms with Crippen molar-refractivity contribution in [1.29, 1.82) is 0 Å². The fourth-order valence-electron chi connectivity index (χ4n) is 2.11. The van der Waals surface area contributed by atoms with Crippen molar-refractivity contribution in [2.24, 2.45) is 5.92 Å². The number of carbonyl (C=O) groups is 2. The molecule has 1 atom stereocenters. The van der Waals surface area contributed by atoms with Crippen molar-refractivity contribution in [3.8, 4) is 0 Å². The molecule has 0 saturated carbocycles. The molecular weight excluding hydrogens is 230 g/mol. The number of hydrogen-bond donors (Lipinski definition) is 1. The van der Waals surface area contributed by atoms with Crippen LogP contribution in [0.1, 0.15) is 19.8 Å². The van der Waals surface area contributed by atoms with E-state index in [-0.39, 0.29) is 17.7 Å². The van der Waals surface area contributed by atoms with Gasteiger partial charge in [0.1, 0.15) is 0 Å². The number of amides is 2. The zero-order chi connectivity index (χ0) is 13.0. The highest BCUT2D eigenvalue weighted by molar-refractivity contribution is 5.97. The van der Waals surface area contributed by atoms with Crippen LogP contribution < -0.4 is 5.32 Å². The summed E-state index contributed by atoms with van der Waals surface area (Å²) in [6, 6.07) is 3.47. The second-order valence-corrected chi connectivity index (χ2v) is 4.47. The van der Waals surface area contributed by atoms with Gasteiger partial charge in [0.15, 0.2) is 0 Å². The molecule has 0 aromatic carbocycles. The Balaban J connectivity index is 1.93. The molecule has 96 valence electrons. The summed E-state index contributed by atoms with van der Waals surface area (Å²) in [5.41, 5.74) is 0.719. The van der Waals surface area contributed by atoms with Gasteiger partial charge in [-0.3, -0.25) is 14.6 Å². The maximum atomic E-state index is 12.0. The highest BCUT2D eigenvalue weighted by Gasteiger charge is 2.33. The lowest BCUT2D eigenvalue weighted by Crippen LogP contribution is -2.28. The maximum Gasteiger partial charge on any atom is 0.229 e. The summed E-state index contributed by atoms with van der Waals surface area (Å²) in [5, 5.41) is 2.81. The Morgan fingerprint density at radius 2 is 2.22 bits per heavy atom. The predicted molar refractivity (Wildman–Crippen MR) is 67.8 cm³/mol. The van der Waals surface area contributed by atoms with Crippen LogP contribution in [-0.4, -0.2) is 34.8 Å². The number of anilines is 1. The molecular formula is C13H17N3O2. The first kappa shape index (κ1) is 12.5. The number of rotatable bonds is 4. The number of pyridine rings is 1. The quantitative estimate of drug-likeness (QED) is 0.871. The van der Waals surface area contributed by atoms with Gasteiger partial charge in [0.05, 0.1) is 5.92 Å². The molecule has 1 aromatic heterocycles. The van der Waals surface area contributed by atoms with E-state index in [9.17, 15) is 9.59 Å². The molecule has 1 N–H and O–H groups in total. The van der Waals surface area contributed by atoms with Crippen LogP contribution in [0.25, 0.3) is 0 Å². The molecule has 18 heavy (non-hydrogen) atoms. The molecule has 1 aliphatic heterocycles. The SMILES string of the molecule is CCCN1CC(C(=O)Nc2ccncc2)CC1=O. The van der Waals surface area contributed by atoms with Crippen LogP contribution in [-0.2, 0) is 9.59 Å². The van der Waals surface area contributed by atoms with E-state index < -0.39 is 0 Å². The van der Waals surface area contributed by atoms with Crippen LogP contribution in [0.4, 0.5) is 5.69 Å². The Kier molecular flexibility index (Phi) is 3.92. The van der Waals surface area contributed by atoms with Crippen molar-refractivity contribution < 1.29 is 9.59 Å². The standard InChI is InChI=1S/C13H17N3O2/c1-2-7-16-9-10(8-12(16)17)13(18)15-11-3-5-14-6-4-11/h3-6,10H,2,7-9H2,1H3,(H,14,15,18). The van der Waals surface area contributed by atoms with E-state index >= 15 is 0 Å². The molecule has 0 bridgehead atoms. The van der Waals surface area contributed by atoms with Gasteiger partial charge in [-0.2, -0.15) is 0 Å². The fraction of sp³-hybridized carbons (Fsp3) is 0.462. The molecule has 2 amide bonds. The highest BCUT2D eigenvalue weighted by atomic mass is 16.2. The average Bonchev–Trinajstić information content (AvgIpc) is 2.73. The smallest absolute Gasteiger partial charge is 0.229 e. The normalized spacial score (nSPS) is 19.1. The van der Waals surface area contributed by atoms with Gasteiger partial charge in [0, 0.05) is 37.6 Å². The fourth-order valence-corrected chi connectivity index (χ4v) is 2.11. The summed E-state index contributed by atoms with van der Waals surface area (Å²) in [6.07, 6.45) is 4.49. The Labute approximate surface area is 106 Å². The molecule has 1 aromatic rings. The number of nitrogens with one attached hydrogen (secondary N) is 1. The minimum atomic E-state index is -0.239. The van der Waals surface area contributed by atoms with Crippen molar-refractivity contribution in [2.75, 3.05) is 18.4 Å². The van der Waals surface area contributed by atoms with Gasteiger partial charge in [-0.1, -0.05) is 6.92 Å². The van der Waals surface area contributed by atoms with Gasteiger partial charge in [0.2, 0.25) is 11.8 Å². The molecule has 1 saturated heterocycles. The molecule has 1 unspecified atom stereocenters. The average molecular weight is 247 g/mol. The van der Waals surface area contributed by atoms with Crippen molar-refractivity contribution in [3.63, 3.8) is 0 Å². The van der Waals surface area contributed by atoms with E-state index in [0.717, 1.165) is 18.7 Å². The first-order valence-corrected chi connectivity index (χ1v) is 6.19. The van der Waals surface area contributed by atoms with E-state index in [2.05, 4.69) is 10.3 Å². The van der Waals surface area contributed by atoms with E-state index in [4.69, 9.17) is 0 Å². The Hall–Kier alpha value is -1.91. The number of hydrogen-bond acceptors (Lipinski definition) is 3. The lowest BCUT2D eigenvalue weighted by atomic mass is 10.1. The van der Waals surface area contributed by atoms with Crippen LogP contribution in [0.15, 0.2) is 24.5 Å². The van der Waals surface area contributed by atoms with Gasteiger partial charge in [-0.15, -0.1) is 0 Å². The second-order valence-electron chi connectivity index (χ2n) is 4.47. The number of carbonyl (C=O) groups excluding carboxylic acids is 2. The summed E-state index contributed by atoms with van der Waals surface area (Å²) in [4.78, 5) is 29.3. The summed E-state index contributed by atoms with van der Waals surface area (Å²) in [5.74, 6) is -0.253. The maximum absolute atomic E-state index is 12.0. The van der Waals surface area contributed by atoms with Crippen LogP contribution in [0.2, 0.25) is 0 Å². The van der Waals surface area contributed by atoms with Crippen molar-refractivity contribution >= 4 is 17.5 Å². The van der Waals surface area contributed by atoms with Crippen LogP contribution in [0.5, 0.6) is 0 Å². The molecule has 0 aliphatic carbocycles. The number of nitrogens with zero attached hydrogens (tertiary/aromatic N) is 2. The number of likely N-dealkylation sites (tertiary alicyclic amines) is 1. The molecule has 5 heteroatoms. The third-order valence-corrected chi connectivity index (χ3v) is 3.03. The second kappa shape index (κ2) is 5.62. The molecule has 0 radical (unpaired) electrons.